The van der Waals surface area contributed by atoms with Crippen LogP contribution in [0.3, 0.4) is 0 Å². The summed E-state index contributed by atoms with van der Waals surface area (Å²) in [6.07, 6.45) is 0. The Hall–Kier alpha value is -1.84. The van der Waals surface area contributed by atoms with Crippen molar-refractivity contribution in [2.75, 3.05) is 0 Å². The zero-order chi connectivity index (χ0) is 11.9. The number of aryl methyl sites for hydroxylation is 1. The van der Waals surface area contributed by atoms with Crippen molar-refractivity contribution < 1.29 is 19.1 Å². The summed E-state index contributed by atoms with van der Waals surface area (Å²) >= 11 is 0. The van der Waals surface area contributed by atoms with Crippen LogP contribution < -0.4 is 4.74 Å². The SMILES string of the molecule is CC(=O)OC1(C)Oc2ccc(C)cc2C1=O. The van der Waals surface area contributed by atoms with Crippen LogP contribution in [0.5, 0.6) is 5.75 Å². The fourth-order valence-corrected chi connectivity index (χ4v) is 1.75. The monoisotopic (exact) mass is 220 g/mol. The normalized spacial score (nSPS) is 22.6. The standard InChI is InChI=1S/C12H12O4/c1-7-4-5-10-9(6-7)11(14)12(3,16-10)15-8(2)13/h4-6H,1-3H3. The van der Waals surface area contributed by atoms with Crippen molar-refractivity contribution in [1.82, 2.24) is 0 Å². The zero-order valence-electron chi connectivity index (χ0n) is 9.37. The Kier molecular flexibility index (Phi) is 2.22. The van der Waals surface area contributed by atoms with Crippen LogP contribution in [0.4, 0.5) is 0 Å². The molecule has 1 aliphatic rings. The maximum Gasteiger partial charge on any atom is 0.315 e. The second-order valence-corrected chi connectivity index (χ2v) is 3.97. The zero-order valence-corrected chi connectivity index (χ0v) is 9.37. The molecule has 84 valence electrons. The van der Waals surface area contributed by atoms with Gasteiger partial charge in [-0.3, -0.25) is 9.59 Å². The van der Waals surface area contributed by atoms with Gasteiger partial charge in [-0.1, -0.05) is 11.6 Å². The molecule has 1 unspecified atom stereocenters. The molecule has 1 aliphatic heterocycles. The molecule has 0 amide bonds. The van der Waals surface area contributed by atoms with Gasteiger partial charge < -0.3 is 9.47 Å². The molecule has 0 N–H and O–H groups in total. The molecule has 0 saturated heterocycles. The summed E-state index contributed by atoms with van der Waals surface area (Å²) in [7, 11) is 0. The molecule has 4 nitrogen and oxygen atoms in total. The van der Waals surface area contributed by atoms with Crippen molar-refractivity contribution in [2.24, 2.45) is 0 Å². The van der Waals surface area contributed by atoms with Gasteiger partial charge in [0.2, 0.25) is 5.78 Å². The summed E-state index contributed by atoms with van der Waals surface area (Å²) in [4.78, 5) is 22.9. The number of fused-ring (bicyclic) bond motifs is 1. The van der Waals surface area contributed by atoms with Crippen LogP contribution in [0.25, 0.3) is 0 Å². The number of rotatable bonds is 1. The van der Waals surface area contributed by atoms with Crippen molar-refractivity contribution in [3.05, 3.63) is 29.3 Å². The molecule has 4 heteroatoms. The second-order valence-electron chi connectivity index (χ2n) is 3.97. The first kappa shape index (κ1) is 10.7. The van der Waals surface area contributed by atoms with Gasteiger partial charge >= 0.3 is 11.8 Å². The molecule has 16 heavy (non-hydrogen) atoms. The highest BCUT2D eigenvalue weighted by Gasteiger charge is 2.47. The maximum absolute atomic E-state index is 12.0. The molecule has 0 spiro atoms. The lowest BCUT2D eigenvalue weighted by molar-refractivity contribution is -0.172. The van der Waals surface area contributed by atoms with Gasteiger partial charge in [0.25, 0.3) is 0 Å². The van der Waals surface area contributed by atoms with E-state index in [4.69, 9.17) is 9.47 Å². The minimum Gasteiger partial charge on any atom is -0.445 e. The van der Waals surface area contributed by atoms with E-state index >= 15 is 0 Å². The van der Waals surface area contributed by atoms with Crippen molar-refractivity contribution in [2.45, 2.75) is 26.6 Å². The molecule has 0 aromatic heterocycles. The van der Waals surface area contributed by atoms with Crippen molar-refractivity contribution in [1.29, 1.82) is 0 Å². The van der Waals surface area contributed by atoms with Gasteiger partial charge in [-0.25, -0.2) is 0 Å². The van der Waals surface area contributed by atoms with Crippen molar-refractivity contribution in [3.63, 3.8) is 0 Å². The molecule has 0 radical (unpaired) electrons. The van der Waals surface area contributed by atoms with Crippen LogP contribution in [-0.4, -0.2) is 17.5 Å². The van der Waals surface area contributed by atoms with Gasteiger partial charge in [-0.15, -0.1) is 0 Å². The Bertz CT molecular complexity index is 478. The lowest BCUT2D eigenvalue weighted by Gasteiger charge is -2.21. The third-order valence-electron chi connectivity index (χ3n) is 2.44. The first-order valence-electron chi connectivity index (χ1n) is 4.96. The highest BCUT2D eigenvalue weighted by Crippen LogP contribution is 2.36. The summed E-state index contributed by atoms with van der Waals surface area (Å²) in [5.41, 5.74) is 1.42. The predicted octanol–water partition coefficient (Wildman–Crippen LogP) is 1.85. The van der Waals surface area contributed by atoms with Crippen LogP contribution >= 0.6 is 0 Å². The Morgan fingerprint density at radius 3 is 2.75 bits per heavy atom. The van der Waals surface area contributed by atoms with E-state index in [1.165, 1.54) is 13.8 Å². The van der Waals surface area contributed by atoms with Crippen LogP contribution in [0.15, 0.2) is 18.2 Å². The Labute approximate surface area is 93.2 Å². The predicted molar refractivity (Wildman–Crippen MR) is 56.3 cm³/mol. The highest BCUT2D eigenvalue weighted by molar-refractivity contribution is 6.07. The van der Waals surface area contributed by atoms with E-state index in [9.17, 15) is 9.59 Å². The third-order valence-corrected chi connectivity index (χ3v) is 2.44. The molecule has 1 aromatic rings. The number of carbonyl (C=O) groups excluding carboxylic acids is 2. The minimum absolute atomic E-state index is 0.318. The van der Waals surface area contributed by atoms with E-state index < -0.39 is 11.8 Å². The number of esters is 1. The summed E-state index contributed by atoms with van der Waals surface area (Å²) in [6, 6.07) is 5.27. The van der Waals surface area contributed by atoms with Gasteiger partial charge in [0.15, 0.2) is 0 Å². The van der Waals surface area contributed by atoms with E-state index in [2.05, 4.69) is 0 Å². The molecule has 2 rings (SSSR count). The average molecular weight is 220 g/mol. The van der Waals surface area contributed by atoms with Gasteiger partial charge in [-0.2, -0.15) is 0 Å². The quantitative estimate of drug-likeness (QED) is 0.678. The van der Waals surface area contributed by atoms with Crippen molar-refractivity contribution >= 4 is 11.8 Å². The molecule has 1 heterocycles. The van der Waals surface area contributed by atoms with E-state index in [0.717, 1.165) is 5.56 Å². The van der Waals surface area contributed by atoms with Crippen LogP contribution in [-0.2, 0) is 9.53 Å². The second kappa shape index (κ2) is 3.33. The Balaban J connectivity index is 2.40. The van der Waals surface area contributed by atoms with E-state index in [1.54, 1.807) is 12.1 Å². The maximum atomic E-state index is 12.0. The third kappa shape index (κ3) is 1.56. The Morgan fingerprint density at radius 1 is 1.44 bits per heavy atom. The minimum atomic E-state index is -1.51. The highest BCUT2D eigenvalue weighted by atomic mass is 16.7. The molecular weight excluding hydrogens is 208 g/mol. The van der Waals surface area contributed by atoms with Crippen molar-refractivity contribution in [3.8, 4) is 5.75 Å². The van der Waals surface area contributed by atoms with Crippen LogP contribution in [0.1, 0.15) is 29.8 Å². The number of hydrogen-bond acceptors (Lipinski definition) is 4. The molecule has 0 aliphatic carbocycles. The van der Waals surface area contributed by atoms with Crippen LogP contribution in [0, 0.1) is 6.92 Å². The smallest absolute Gasteiger partial charge is 0.315 e. The summed E-state index contributed by atoms with van der Waals surface area (Å²) in [5.74, 6) is -1.91. The van der Waals surface area contributed by atoms with Gasteiger partial charge in [0.1, 0.15) is 5.75 Å². The largest absolute Gasteiger partial charge is 0.445 e. The number of ether oxygens (including phenoxy) is 2. The number of ketones is 1. The van der Waals surface area contributed by atoms with E-state index in [1.807, 2.05) is 13.0 Å². The first-order chi connectivity index (χ1) is 7.42. The summed E-state index contributed by atoms with van der Waals surface area (Å²) in [6.45, 7) is 4.58. The van der Waals surface area contributed by atoms with Gasteiger partial charge in [0, 0.05) is 13.8 Å². The number of carbonyl (C=O) groups is 2. The molecule has 1 atom stereocenters. The fraction of sp³-hybridized carbons (Fsp3) is 0.333. The summed E-state index contributed by atoms with van der Waals surface area (Å²) < 4.78 is 10.3. The average Bonchev–Trinajstić information content (AvgIpc) is 2.40. The lowest BCUT2D eigenvalue weighted by atomic mass is 10.0. The lowest BCUT2D eigenvalue weighted by Crippen LogP contribution is -2.41. The molecular formula is C12H12O4. The molecule has 0 fully saturated rings. The molecule has 1 aromatic carbocycles. The van der Waals surface area contributed by atoms with Gasteiger partial charge in [-0.05, 0) is 19.1 Å². The fourth-order valence-electron chi connectivity index (χ4n) is 1.75. The topological polar surface area (TPSA) is 52.6 Å². The van der Waals surface area contributed by atoms with Gasteiger partial charge in [0.05, 0.1) is 5.56 Å². The molecule has 0 bridgehead atoms. The number of hydrogen-bond donors (Lipinski definition) is 0. The number of benzene rings is 1. The van der Waals surface area contributed by atoms with E-state index in [0.29, 0.717) is 11.3 Å². The van der Waals surface area contributed by atoms with Crippen LogP contribution in [0.2, 0.25) is 0 Å². The molecule has 0 saturated carbocycles. The first-order valence-corrected chi connectivity index (χ1v) is 4.96. The number of Topliss-reactive ketones (excluding diaryl/α,β-unsaturated/α-hetero) is 1. The van der Waals surface area contributed by atoms with E-state index in [-0.39, 0.29) is 5.78 Å². The Morgan fingerprint density at radius 2 is 2.12 bits per heavy atom. The summed E-state index contributed by atoms with van der Waals surface area (Å²) in [5, 5.41) is 0.